The molecule has 0 heterocycles. The Bertz CT molecular complexity index is 408. The van der Waals surface area contributed by atoms with Crippen LogP contribution in [0.1, 0.15) is 5.56 Å². The van der Waals surface area contributed by atoms with Crippen molar-refractivity contribution in [2.45, 2.75) is 0 Å². The van der Waals surface area contributed by atoms with Gasteiger partial charge in [0.1, 0.15) is 5.82 Å². The molecule has 0 saturated carbocycles. The molecule has 1 aromatic rings. The van der Waals surface area contributed by atoms with Gasteiger partial charge in [0.25, 0.3) is 0 Å². The predicted octanol–water partition coefficient (Wildman–Crippen LogP) is 1.22. The Labute approximate surface area is 93.6 Å². The summed E-state index contributed by atoms with van der Waals surface area (Å²) in [5.41, 5.74) is 7.36. The average molecular weight is 275 g/mol. The first kappa shape index (κ1) is 11.6. The molecule has 0 spiro atoms. The van der Waals surface area contributed by atoms with Crippen LogP contribution in [0.3, 0.4) is 0 Å². The van der Waals surface area contributed by atoms with Gasteiger partial charge in [-0.1, -0.05) is 6.07 Å². The van der Waals surface area contributed by atoms with Crippen molar-refractivity contribution in [1.82, 2.24) is 5.48 Å². The quantitative estimate of drug-likeness (QED) is 0.431. The third kappa shape index (κ3) is 3.64. The summed E-state index contributed by atoms with van der Waals surface area (Å²) in [4.78, 5) is 0. The maximum atomic E-state index is 12.8. The van der Waals surface area contributed by atoms with Crippen LogP contribution in [0.5, 0.6) is 0 Å². The number of hydrogen-bond acceptors (Lipinski definition) is 3. The summed E-state index contributed by atoms with van der Waals surface area (Å²) in [5, 5.41) is 15.2. The van der Waals surface area contributed by atoms with E-state index in [1.54, 1.807) is 5.48 Å². The van der Waals surface area contributed by atoms with Crippen molar-refractivity contribution >= 4 is 28.1 Å². The van der Waals surface area contributed by atoms with Crippen LogP contribution in [0, 0.1) is 5.82 Å². The first-order chi connectivity index (χ1) is 7.13. The van der Waals surface area contributed by atoms with Gasteiger partial charge in [-0.3, -0.25) is 5.21 Å². The highest BCUT2D eigenvalue weighted by Crippen LogP contribution is 2.15. The summed E-state index contributed by atoms with van der Waals surface area (Å²) >= 11 is 3.03. The lowest BCUT2D eigenvalue weighted by molar-refractivity contribution is 0.232. The molecule has 4 N–H and O–H groups in total. The van der Waals surface area contributed by atoms with Crippen LogP contribution < -0.4 is 11.2 Å². The molecule has 5 nitrogen and oxygen atoms in total. The third-order valence-corrected chi connectivity index (χ3v) is 2.04. The zero-order valence-corrected chi connectivity index (χ0v) is 9.07. The van der Waals surface area contributed by atoms with Crippen LogP contribution >= 0.6 is 15.9 Å². The summed E-state index contributed by atoms with van der Waals surface area (Å²) in [7, 11) is 0. The molecule has 0 aliphatic heterocycles. The minimum atomic E-state index is -0.354. The number of halogens is 2. The van der Waals surface area contributed by atoms with E-state index >= 15 is 0 Å². The monoisotopic (exact) mass is 274 g/mol. The second-order valence-electron chi connectivity index (χ2n) is 2.52. The molecular formula is C8H8BrFN4O. The fourth-order valence-corrected chi connectivity index (χ4v) is 1.17. The van der Waals surface area contributed by atoms with E-state index in [2.05, 4.69) is 26.1 Å². The minimum absolute atomic E-state index is 0.229. The summed E-state index contributed by atoms with van der Waals surface area (Å²) in [6.07, 6.45) is 1.37. The molecule has 0 atom stereocenters. The van der Waals surface area contributed by atoms with E-state index in [0.717, 1.165) is 0 Å². The molecular weight excluding hydrogens is 267 g/mol. The second-order valence-corrected chi connectivity index (χ2v) is 3.37. The Kier molecular flexibility index (Phi) is 4.19. The smallest absolute Gasteiger partial charge is 0.237 e. The lowest BCUT2D eigenvalue weighted by atomic mass is 10.2. The van der Waals surface area contributed by atoms with E-state index in [-0.39, 0.29) is 11.8 Å². The van der Waals surface area contributed by atoms with E-state index < -0.39 is 0 Å². The van der Waals surface area contributed by atoms with Gasteiger partial charge in [0, 0.05) is 0 Å². The first-order valence-corrected chi connectivity index (χ1v) is 4.64. The van der Waals surface area contributed by atoms with Gasteiger partial charge < -0.3 is 5.73 Å². The van der Waals surface area contributed by atoms with E-state index in [1.807, 2.05) is 0 Å². The molecule has 0 bridgehead atoms. The van der Waals surface area contributed by atoms with Gasteiger partial charge in [-0.05, 0) is 33.6 Å². The zero-order chi connectivity index (χ0) is 11.3. The van der Waals surface area contributed by atoms with Gasteiger partial charge in [-0.15, -0.1) is 5.10 Å². The lowest BCUT2D eigenvalue weighted by Gasteiger charge is -1.95. The highest BCUT2D eigenvalue weighted by Gasteiger charge is 1.97. The fraction of sp³-hybridized carbons (Fsp3) is 0. The lowest BCUT2D eigenvalue weighted by Crippen LogP contribution is -2.27. The highest BCUT2D eigenvalue weighted by atomic mass is 79.9. The van der Waals surface area contributed by atoms with Crippen LogP contribution in [0.4, 0.5) is 4.39 Å². The summed E-state index contributed by atoms with van der Waals surface area (Å²) in [6, 6.07) is 4.36. The van der Waals surface area contributed by atoms with Crippen molar-refractivity contribution < 1.29 is 9.60 Å². The molecule has 0 aromatic heterocycles. The maximum Gasteiger partial charge on any atom is 0.237 e. The average Bonchev–Trinajstić information content (AvgIpc) is 2.23. The van der Waals surface area contributed by atoms with Crippen LogP contribution in [0.2, 0.25) is 0 Å². The van der Waals surface area contributed by atoms with Gasteiger partial charge in [-0.2, -0.15) is 5.10 Å². The predicted molar refractivity (Wildman–Crippen MR) is 58.2 cm³/mol. The van der Waals surface area contributed by atoms with E-state index in [1.165, 1.54) is 24.4 Å². The number of nitrogens with zero attached hydrogens (tertiary/aromatic N) is 2. The maximum absolute atomic E-state index is 12.8. The summed E-state index contributed by atoms with van der Waals surface area (Å²) in [6.45, 7) is 0. The minimum Gasteiger partial charge on any atom is -0.367 e. The summed E-state index contributed by atoms with van der Waals surface area (Å²) in [5.74, 6) is -0.584. The normalized spacial score (nSPS) is 12.1. The largest absolute Gasteiger partial charge is 0.367 e. The Morgan fingerprint density at radius 1 is 1.60 bits per heavy atom. The van der Waals surface area contributed by atoms with E-state index in [0.29, 0.717) is 10.0 Å². The zero-order valence-electron chi connectivity index (χ0n) is 7.48. The summed E-state index contributed by atoms with van der Waals surface area (Å²) < 4.78 is 13.2. The Hall–Kier alpha value is -1.47. The van der Waals surface area contributed by atoms with Crippen molar-refractivity contribution in [2.24, 2.45) is 15.9 Å². The van der Waals surface area contributed by atoms with Crippen LogP contribution in [-0.2, 0) is 0 Å². The first-order valence-electron chi connectivity index (χ1n) is 3.85. The molecule has 0 unspecified atom stereocenters. The number of benzene rings is 1. The molecule has 0 amide bonds. The highest BCUT2D eigenvalue weighted by molar-refractivity contribution is 9.10. The van der Waals surface area contributed by atoms with Crippen LogP contribution in [0.25, 0.3) is 0 Å². The van der Waals surface area contributed by atoms with Crippen molar-refractivity contribution in [1.29, 1.82) is 0 Å². The van der Waals surface area contributed by atoms with Crippen LogP contribution in [0.15, 0.2) is 32.9 Å². The van der Waals surface area contributed by atoms with Crippen molar-refractivity contribution in [3.8, 4) is 0 Å². The molecule has 0 radical (unpaired) electrons. The Balaban J connectivity index is 2.77. The van der Waals surface area contributed by atoms with Gasteiger partial charge in [-0.25, -0.2) is 9.87 Å². The van der Waals surface area contributed by atoms with Crippen molar-refractivity contribution in [3.05, 3.63) is 34.1 Å². The van der Waals surface area contributed by atoms with Gasteiger partial charge in [0.05, 0.1) is 10.7 Å². The number of hydrogen-bond donors (Lipinski definition) is 3. The molecule has 15 heavy (non-hydrogen) atoms. The van der Waals surface area contributed by atoms with Crippen molar-refractivity contribution in [3.63, 3.8) is 0 Å². The van der Waals surface area contributed by atoms with E-state index in [9.17, 15) is 4.39 Å². The third-order valence-electron chi connectivity index (χ3n) is 1.43. The number of hydroxylamine groups is 1. The number of nitrogens with one attached hydrogen (secondary N) is 1. The number of guanidine groups is 1. The number of nitrogens with two attached hydrogens (primary N) is 1. The number of rotatable bonds is 2. The fourth-order valence-electron chi connectivity index (χ4n) is 0.773. The molecule has 0 aliphatic carbocycles. The SMILES string of the molecule is NC(=NN=Cc1ccc(F)c(Br)c1)NO. The molecule has 0 aliphatic rings. The van der Waals surface area contributed by atoms with Gasteiger partial charge >= 0.3 is 0 Å². The molecule has 0 saturated heterocycles. The van der Waals surface area contributed by atoms with Crippen molar-refractivity contribution in [2.75, 3.05) is 0 Å². The van der Waals surface area contributed by atoms with Gasteiger partial charge in [0.15, 0.2) is 0 Å². The van der Waals surface area contributed by atoms with Gasteiger partial charge in [0.2, 0.25) is 5.96 Å². The molecule has 80 valence electrons. The molecule has 1 aromatic carbocycles. The van der Waals surface area contributed by atoms with Crippen LogP contribution in [-0.4, -0.2) is 17.4 Å². The molecule has 0 fully saturated rings. The Morgan fingerprint density at radius 3 is 2.93 bits per heavy atom. The van der Waals surface area contributed by atoms with E-state index in [4.69, 9.17) is 10.9 Å². The Morgan fingerprint density at radius 2 is 2.33 bits per heavy atom. The second kappa shape index (κ2) is 5.42. The topological polar surface area (TPSA) is 83.0 Å². The standard InChI is InChI=1S/C8H8BrFN4O/c9-6-3-5(1-2-7(6)10)4-12-13-8(11)14-15/h1-4,15H,(H3,11,13,14). The molecule has 1 rings (SSSR count). The molecule has 7 heteroatoms.